The Kier molecular flexibility index (Phi) is 6.54. The number of imide groups is 1. The van der Waals surface area contributed by atoms with Crippen LogP contribution in [0.25, 0.3) is 0 Å². The van der Waals surface area contributed by atoms with Gasteiger partial charge in [-0.05, 0) is 41.2 Å². The lowest BCUT2D eigenvalue weighted by Crippen LogP contribution is -2.51. The molecule has 2 heterocycles. The Morgan fingerprint density at radius 1 is 0.909 bits per heavy atom. The Labute approximate surface area is 201 Å². The average molecular weight is 469 g/mol. The van der Waals surface area contributed by atoms with Crippen LogP contribution in [0, 0.1) is 0 Å². The molecule has 2 fully saturated rings. The summed E-state index contributed by atoms with van der Waals surface area (Å²) in [5, 5.41) is 3.67. The lowest BCUT2D eigenvalue weighted by Gasteiger charge is -2.36. The van der Waals surface area contributed by atoms with Crippen molar-refractivity contribution in [2.75, 3.05) is 32.8 Å². The summed E-state index contributed by atoms with van der Waals surface area (Å²) in [6, 6.07) is 15.6. The third kappa shape index (κ3) is 5.08. The standard InChI is InChI=1S/C26H33ClN4O2/c1-25(2,3)20-7-9-21(10-8-20)26(4)23(32)31(24(33)28-26)18-30-15-13-29(14-16-30)17-19-5-11-22(27)12-6-19/h5-12H,13-18H2,1-4H3,(H,28,33). The largest absolute Gasteiger partial charge is 0.326 e. The van der Waals surface area contributed by atoms with Crippen molar-refractivity contribution in [1.29, 1.82) is 0 Å². The Morgan fingerprint density at radius 2 is 1.48 bits per heavy atom. The predicted octanol–water partition coefficient (Wildman–Crippen LogP) is 4.18. The third-order valence-corrected chi connectivity index (χ3v) is 6.98. The molecule has 2 aromatic rings. The summed E-state index contributed by atoms with van der Waals surface area (Å²) >= 11 is 5.98. The van der Waals surface area contributed by atoms with E-state index in [1.165, 1.54) is 16.0 Å². The molecule has 2 saturated heterocycles. The predicted molar refractivity (Wildman–Crippen MR) is 131 cm³/mol. The number of benzene rings is 2. The molecule has 1 atom stereocenters. The molecular formula is C26H33ClN4O2. The van der Waals surface area contributed by atoms with Crippen LogP contribution in [0.3, 0.4) is 0 Å². The van der Waals surface area contributed by atoms with E-state index in [-0.39, 0.29) is 17.4 Å². The molecule has 0 saturated carbocycles. The summed E-state index contributed by atoms with van der Waals surface area (Å²) < 4.78 is 0. The highest BCUT2D eigenvalue weighted by Crippen LogP contribution is 2.31. The maximum absolute atomic E-state index is 13.3. The number of hydrogen-bond donors (Lipinski definition) is 1. The quantitative estimate of drug-likeness (QED) is 0.669. The number of carbonyl (C=O) groups excluding carboxylic acids is 2. The van der Waals surface area contributed by atoms with Crippen molar-refractivity contribution in [3.63, 3.8) is 0 Å². The number of urea groups is 1. The zero-order chi connectivity index (χ0) is 23.8. The van der Waals surface area contributed by atoms with Gasteiger partial charge in [-0.3, -0.25) is 14.6 Å². The van der Waals surface area contributed by atoms with Gasteiger partial charge < -0.3 is 5.32 Å². The Balaban J connectivity index is 1.36. The fourth-order valence-corrected chi connectivity index (χ4v) is 4.59. The molecule has 1 unspecified atom stereocenters. The van der Waals surface area contributed by atoms with E-state index in [1.807, 2.05) is 36.4 Å². The number of nitrogens with zero attached hydrogens (tertiary/aromatic N) is 3. The van der Waals surface area contributed by atoms with Gasteiger partial charge in [-0.15, -0.1) is 0 Å². The molecule has 2 aliphatic heterocycles. The number of nitrogens with one attached hydrogen (secondary N) is 1. The monoisotopic (exact) mass is 468 g/mol. The van der Waals surface area contributed by atoms with Crippen molar-refractivity contribution in [3.05, 3.63) is 70.2 Å². The summed E-state index contributed by atoms with van der Waals surface area (Å²) in [7, 11) is 0. The minimum absolute atomic E-state index is 0.0319. The first-order valence-electron chi connectivity index (χ1n) is 11.5. The molecule has 0 aromatic heterocycles. The Hall–Kier alpha value is -2.41. The van der Waals surface area contributed by atoms with Crippen LogP contribution < -0.4 is 5.32 Å². The van der Waals surface area contributed by atoms with Gasteiger partial charge in [-0.2, -0.15) is 0 Å². The van der Waals surface area contributed by atoms with Crippen LogP contribution in [-0.4, -0.2) is 59.5 Å². The van der Waals surface area contributed by atoms with Crippen molar-refractivity contribution >= 4 is 23.5 Å². The van der Waals surface area contributed by atoms with Gasteiger partial charge in [-0.1, -0.05) is 68.8 Å². The van der Waals surface area contributed by atoms with Crippen LogP contribution in [0.4, 0.5) is 4.79 Å². The van der Waals surface area contributed by atoms with Crippen molar-refractivity contribution in [3.8, 4) is 0 Å². The molecule has 2 aliphatic rings. The van der Waals surface area contributed by atoms with E-state index >= 15 is 0 Å². The minimum atomic E-state index is -1.04. The molecule has 3 amide bonds. The maximum atomic E-state index is 13.3. The highest BCUT2D eigenvalue weighted by molar-refractivity contribution is 6.30. The minimum Gasteiger partial charge on any atom is -0.319 e. The first kappa shape index (κ1) is 23.7. The second-order valence-electron chi connectivity index (χ2n) is 10.3. The van der Waals surface area contributed by atoms with E-state index in [9.17, 15) is 9.59 Å². The van der Waals surface area contributed by atoms with Gasteiger partial charge >= 0.3 is 6.03 Å². The molecule has 176 valence electrons. The van der Waals surface area contributed by atoms with Crippen LogP contribution in [0.1, 0.15) is 44.4 Å². The van der Waals surface area contributed by atoms with E-state index in [0.29, 0.717) is 6.67 Å². The van der Waals surface area contributed by atoms with Crippen LogP contribution in [0.2, 0.25) is 5.02 Å². The topological polar surface area (TPSA) is 55.9 Å². The van der Waals surface area contributed by atoms with Crippen LogP contribution in [0.5, 0.6) is 0 Å². The summed E-state index contributed by atoms with van der Waals surface area (Å²) in [6.07, 6.45) is 0. The summed E-state index contributed by atoms with van der Waals surface area (Å²) in [6.45, 7) is 12.8. The summed E-state index contributed by atoms with van der Waals surface area (Å²) in [5.74, 6) is -0.195. The number of rotatable bonds is 5. The zero-order valence-corrected chi connectivity index (χ0v) is 20.7. The van der Waals surface area contributed by atoms with Gasteiger partial charge in [0.05, 0.1) is 6.67 Å². The lowest BCUT2D eigenvalue weighted by atomic mass is 9.84. The SMILES string of the molecule is CC(C)(C)c1ccc(C2(C)NC(=O)N(CN3CCN(Cc4ccc(Cl)cc4)CC3)C2=O)cc1. The molecule has 0 aliphatic carbocycles. The fourth-order valence-electron chi connectivity index (χ4n) is 4.46. The fraction of sp³-hybridized carbons (Fsp3) is 0.462. The number of piperazine rings is 1. The van der Waals surface area contributed by atoms with E-state index < -0.39 is 5.54 Å². The van der Waals surface area contributed by atoms with Gasteiger partial charge in [0, 0.05) is 37.7 Å². The molecule has 2 aromatic carbocycles. The molecule has 6 nitrogen and oxygen atoms in total. The lowest BCUT2D eigenvalue weighted by molar-refractivity contribution is -0.132. The number of halogens is 1. The molecule has 0 bridgehead atoms. The van der Waals surface area contributed by atoms with Crippen LogP contribution in [-0.2, 0) is 22.3 Å². The van der Waals surface area contributed by atoms with Crippen LogP contribution in [0.15, 0.2) is 48.5 Å². The highest BCUT2D eigenvalue weighted by atomic mass is 35.5. The molecule has 0 spiro atoms. The smallest absolute Gasteiger partial charge is 0.319 e. The number of carbonyl (C=O) groups is 2. The molecule has 0 radical (unpaired) electrons. The van der Waals surface area contributed by atoms with Gasteiger partial charge in [0.1, 0.15) is 5.54 Å². The molecule has 1 N–H and O–H groups in total. The normalized spacial score (nSPS) is 22.6. The Morgan fingerprint density at radius 3 is 2.06 bits per heavy atom. The summed E-state index contributed by atoms with van der Waals surface area (Å²) in [4.78, 5) is 32.0. The van der Waals surface area contributed by atoms with E-state index in [4.69, 9.17) is 11.6 Å². The highest BCUT2D eigenvalue weighted by Gasteiger charge is 2.49. The average Bonchev–Trinajstić information content (AvgIpc) is 3.00. The van der Waals surface area contributed by atoms with Crippen LogP contribution >= 0.6 is 11.6 Å². The van der Waals surface area contributed by atoms with Gasteiger partial charge in [0.25, 0.3) is 5.91 Å². The second kappa shape index (κ2) is 9.09. The van der Waals surface area contributed by atoms with E-state index in [2.05, 4.69) is 48.0 Å². The van der Waals surface area contributed by atoms with Gasteiger partial charge in [-0.25, -0.2) is 9.69 Å². The number of hydrogen-bond acceptors (Lipinski definition) is 4. The molecule has 7 heteroatoms. The van der Waals surface area contributed by atoms with Crippen molar-refractivity contribution < 1.29 is 9.59 Å². The van der Waals surface area contributed by atoms with Gasteiger partial charge in [0.2, 0.25) is 0 Å². The maximum Gasteiger partial charge on any atom is 0.326 e. The molecule has 4 rings (SSSR count). The van der Waals surface area contributed by atoms with Crippen molar-refractivity contribution in [2.24, 2.45) is 0 Å². The van der Waals surface area contributed by atoms with Gasteiger partial charge in [0.15, 0.2) is 0 Å². The van der Waals surface area contributed by atoms with E-state index in [1.54, 1.807) is 6.92 Å². The third-order valence-electron chi connectivity index (χ3n) is 6.73. The van der Waals surface area contributed by atoms with Crippen molar-refractivity contribution in [2.45, 2.75) is 45.2 Å². The Bertz CT molecular complexity index is 1010. The zero-order valence-electron chi connectivity index (χ0n) is 19.9. The summed E-state index contributed by atoms with van der Waals surface area (Å²) in [5.41, 5.74) is 2.23. The molecule has 33 heavy (non-hydrogen) atoms. The second-order valence-corrected chi connectivity index (χ2v) is 10.7. The number of amides is 3. The first-order valence-corrected chi connectivity index (χ1v) is 11.9. The first-order chi connectivity index (χ1) is 15.6. The van der Waals surface area contributed by atoms with Crippen molar-refractivity contribution in [1.82, 2.24) is 20.0 Å². The van der Waals surface area contributed by atoms with E-state index in [0.717, 1.165) is 43.3 Å². The molecular weight excluding hydrogens is 436 g/mol.